The average molecular weight is 489 g/mol. The van der Waals surface area contributed by atoms with Gasteiger partial charge in [0.1, 0.15) is 12.4 Å². The number of rotatable bonds is 9. The number of hydrogen-bond donors (Lipinski definition) is 1. The summed E-state index contributed by atoms with van der Waals surface area (Å²) in [6.45, 7) is 7.27. The zero-order chi connectivity index (χ0) is 25.5. The summed E-state index contributed by atoms with van der Waals surface area (Å²) in [6, 6.07) is 18.6. The minimum atomic E-state index is -0.402. The third-order valence-electron chi connectivity index (χ3n) is 7.10. The summed E-state index contributed by atoms with van der Waals surface area (Å²) in [4.78, 5) is 33.1. The number of aromatic nitrogens is 2. The van der Waals surface area contributed by atoms with E-state index in [0.29, 0.717) is 19.5 Å². The maximum Gasteiger partial charge on any atom is 0.243 e. The number of aryl methyl sites for hydroxylation is 1. The van der Waals surface area contributed by atoms with Crippen molar-refractivity contribution in [1.82, 2.24) is 19.8 Å². The van der Waals surface area contributed by atoms with Crippen LogP contribution in [0.2, 0.25) is 0 Å². The van der Waals surface area contributed by atoms with E-state index in [0.717, 1.165) is 36.1 Å². The summed E-state index contributed by atoms with van der Waals surface area (Å²) in [6.07, 6.45) is 7.24. The number of imidazole rings is 1. The molecule has 0 saturated heterocycles. The molecule has 4 rings (SSSR count). The Balaban J connectivity index is 1.52. The molecule has 1 aliphatic rings. The van der Waals surface area contributed by atoms with E-state index in [1.807, 2.05) is 63.2 Å². The third-order valence-corrected chi connectivity index (χ3v) is 7.10. The zero-order valence-electron chi connectivity index (χ0n) is 22.0. The maximum atomic E-state index is 13.9. The molecule has 0 bridgehead atoms. The first-order chi connectivity index (χ1) is 17.3. The first-order valence-electron chi connectivity index (χ1n) is 13.4. The van der Waals surface area contributed by atoms with Crippen molar-refractivity contribution in [3.8, 4) is 0 Å². The van der Waals surface area contributed by atoms with Gasteiger partial charge in [0.05, 0.1) is 11.0 Å². The molecule has 6 heteroatoms. The molecule has 2 amide bonds. The fraction of sp³-hybridized carbons (Fsp3) is 0.500. The fourth-order valence-corrected chi connectivity index (χ4v) is 5.03. The van der Waals surface area contributed by atoms with Gasteiger partial charge in [-0.15, -0.1) is 0 Å². The van der Waals surface area contributed by atoms with Gasteiger partial charge in [-0.2, -0.15) is 0 Å². The van der Waals surface area contributed by atoms with E-state index >= 15 is 0 Å². The predicted octanol–water partition coefficient (Wildman–Crippen LogP) is 5.49. The molecule has 1 fully saturated rings. The number of carbonyl (C=O) groups is 2. The van der Waals surface area contributed by atoms with Crippen LogP contribution in [0.15, 0.2) is 54.6 Å². The first-order valence-corrected chi connectivity index (χ1v) is 13.4. The van der Waals surface area contributed by atoms with Gasteiger partial charge in [-0.05, 0) is 37.0 Å². The number of nitrogens with one attached hydrogen (secondary N) is 1. The van der Waals surface area contributed by atoms with Gasteiger partial charge in [0.25, 0.3) is 0 Å². The molecular weight excluding hydrogens is 448 g/mol. The zero-order valence-corrected chi connectivity index (χ0v) is 22.0. The molecule has 1 N–H and O–H groups in total. The first kappa shape index (κ1) is 25.9. The minimum Gasteiger partial charge on any atom is -0.356 e. The summed E-state index contributed by atoms with van der Waals surface area (Å²) in [5.74, 6) is 1.10. The van der Waals surface area contributed by atoms with E-state index in [-0.39, 0.29) is 24.4 Å². The Kier molecular flexibility index (Phi) is 8.44. The highest BCUT2D eigenvalue weighted by Gasteiger charge is 2.27. The Morgan fingerprint density at radius 1 is 1.00 bits per heavy atom. The SMILES string of the molecule is CC(C)(C)C(=O)NCCCc1nc2ccccc2n1CC(=O)N(Cc1ccccc1)C1CCCCC1. The van der Waals surface area contributed by atoms with Crippen molar-refractivity contribution < 1.29 is 9.59 Å². The molecule has 1 aliphatic carbocycles. The number of amides is 2. The molecule has 6 nitrogen and oxygen atoms in total. The van der Waals surface area contributed by atoms with Crippen LogP contribution in [0.1, 0.15) is 70.7 Å². The van der Waals surface area contributed by atoms with E-state index in [4.69, 9.17) is 4.98 Å². The number of hydrogen-bond acceptors (Lipinski definition) is 3. The highest BCUT2D eigenvalue weighted by atomic mass is 16.2. The van der Waals surface area contributed by atoms with Crippen molar-refractivity contribution in [2.45, 2.75) is 84.8 Å². The lowest BCUT2D eigenvalue weighted by Crippen LogP contribution is -2.42. The lowest BCUT2D eigenvalue weighted by Gasteiger charge is -2.35. The predicted molar refractivity (Wildman–Crippen MR) is 144 cm³/mol. The van der Waals surface area contributed by atoms with Crippen LogP contribution in [-0.4, -0.2) is 38.9 Å². The van der Waals surface area contributed by atoms with Crippen molar-refractivity contribution in [3.63, 3.8) is 0 Å². The third kappa shape index (κ3) is 6.54. The number of carbonyl (C=O) groups excluding carboxylic acids is 2. The quantitative estimate of drug-likeness (QED) is 0.405. The summed E-state index contributed by atoms with van der Waals surface area (Å²) >= 11 is 0. The molecule has 1 aromatic heterocycles. The standard InChI is InChI=1S/C30H40N4O2/c1-30(2,3)29(36)31-20-12-19-27-32-25-17-10-11-18-26(25)34(27)22-28(35)33(24-15-8-5-9-16-24)21-23-13-6-4-7-14-23/h4,6-7,10-11,13-14,17-18,24H,5,8-9,12,15-16,19-22H2,1-3H3,(H,31,36). The Hall–Kier alpha value is -3.15. The molecule has 0 radical (unpaired) electrons. The molecule has 1 saturated carbocycles. The molecule has 0 unspecified atom stereocenters. The van der Waals surface area contributed by atoms with E-state index in [9.17, 15) is 9.59 Å². The monoisotopic (exact) mass is 488 g/mol. The molecule has 0 spiro atoms. The molecule has 1 heterocycles. The van der Waals surface area contributed by atoms with Gasteiger partial charge in [-0.3, -0.25) is 9.59 Å². The Morgan fingerprint density at radius 2 is 1.69 bits per heavy atom. The highest BCUT2D eigenvalue weighted by Crippen LogP contribution is 2.26. The fourth-order valence-electron chi connectivity index (χ4n) is 5.03. The second kappa shape index (κ2) is 11.7. The number of benzene rings is 2. The van der Waals surface area contributed by atoms with Gasteiger partial charge in [0.15, 0.2) is 0 Å². The van der Waals surface area contributed by atoms with Crippen LogP contribution in [0.25, 0.3) is 11.0 Å². The van der Waals surface area contributed by atoms with Crippen LogP contribution in [0, 0.1) is 5.41 Å². The smallest absolute Gasteiger partial charge is 0.243 e. The van der Waals surface area contributed by atoms with Gasteiger partial charge in [-0.1, -0.05) is 82.5 Å². The van der Waals surface area contributed by atoms with E-state index in [1.165, 1.54) is 24.8 Å². The van der Waals surface area contributed by atoms with Crippen molar-refractivity contribution in [3.05, 3.63) is 66.0 Å². The van der Waals surface area contributed by atoms with Crippen LogP contribution in [-0.2, 0) is 29.1 Å². The topological polar surface area (TPSA) is 67.2 Å². The maximum absolute atomic E-state index is 13.9. The Morgan fingerprint density at radius 3 is 2.42 bits per heavy atom. The second-order valence-corrected chi connectivity index (χ2v) is 11.0. The van der Waals surface area contributed by atoms with E-state index < -0.39 is 5.41 Å². The highest BCUT2D eigenvalue weighted by molar-refractivity contribution is 5.82. The molecule has 2 aromatic carbocycles. The van der Waals surface area contributed by atoms with Crippen LogP contribution in [0.5, 0.6) is 0 Å². The second-order valence-electron chi connectivity index (χ2n) is 11.0. The van der Waals surface area contributed by atoms with Gasteiger partial charge in [0.2, 0.25) is 11.8 Å². The molecule has 36 heavy (non-hydrogen) atoms. The number of para-hydroxylation sites is 2. The number of fused-ring (bicyclic) bond motifs is 1. The normalized spacial score (nSPS) is 14.6. The molecular formula is C30H40N4O2. The van der Waals surface area contributed by atoms with Crippen molar-refractivity contribution >= 4 is 22.8 Å². The minimum absolute atomic E-state index is 0.0511. The van der Waals surface area contributed by atoms with Gasteiger partial charge >= 0.3 is 0 Å². The van der Waals surface area contributed by atoms with E-state index in [1.54, 1.807) is 0 Å². The van der Waals surface area contributed by atoms with Crippen molar-refractivity contribution in [1.29, 1.82) is 0 Å². The number of nitrogens with zero attached hydrogens (tertiary/aromatic N) is 3. The Bertz CT molecular complexity index is 1160. The summed E-state index contributed by atoms with van der Waals surface area (Å²) in [7, 11) is 0. The van der Waals surface area contributed by atoms with Gasteiger partial charge < -0.3 is 14.8 Å². The van der Waals surface area contributed by atoms with E-state index in [2.05, 4.69) is 26.9 Å². The molecule has 0 aliphatic heterocycles. The van der Waals surface area contributed by atoms with Crippen LogP contribution >= 0.6 is 0 Å². The molecule has 192 valence electrons. The summed E-state index contributed by atoms with van der Waals surface area (Å²) in [5, 5.41) is 3.02. The Labute approximate surface area is 215 Å². The summed E-state index contributed by atoms with van der Waals surface area (Å²) < 4.78 is 2.09. The average Bonchev–Trinajstić information content (AvgIpc) is 3.22. The lowest BCUT2D eigenvalue weighted by atomic mass is 9.93. The van der Waals surface area contributed by atoms with Crippen LogP contribution < -0.4 is 5.32 Å². The largest absolute Gasteiger partial charge is 0.356 e. The molecule has 3 aromatic rings. The summed E-state index contributed by atoms with van der Waals surface area (Å²) in [5.41, 5.74) is 2.66. The lowest BCUT2D eigenvalue weighted by molar-refractivity contribution is -0.135. The van der Waals surface area contributed by atoms with Crippen molar-refractivity contribution in [2.75, 3.05) is 6.54 Å². The van der Waals surface area contributed by atoms with Gasteiger partial charge in [-0.25, -0.2) is 4.98 Å². The van der Waals surface area contributed by atoms with Crippen LogP contribution in [0.3, 0.4) is 0 Å². The van der Waals surface area contributed by atoms with Gasteiger partial charge in [0, 0.05) is 31.0 Å². The van der Waals surface area contributed by atoms with Crippen LogP contribution in [0.4, 0.5) is 0 Å². The molecule has 0 atom stereocenters. The van der Waals surface area contributed by atoms with Crippen molar-refractivity contribution in [2.24, 2.45) is 5.41 Å².